The maximum Gasteiger partial charge on any atom is 0.266 e. The molecule has 1 heterocycles. The van der Waals surface area contributed by atoms with Crippen LogP contribution in [0.5, 0.6) is 0 Å². The zero-order valence-corrected chi connectivity index (χ0v) is 21.3. The summed E-state index contributed by atoms with van der Waals surface area (Å²) in [6, 6.07) is 26.4. The van der Waals surface area contributed by atoms with Crippen LogP contribution in [0, 0.1) is 11.6 Å². The Morgan fingerprint density at radius 2 is 1.63 bits per heavy atom. The Kier molecular flexibility index (Phi) is 7.33. The van der Waals surface area contributed by atoms with Crippen LogP contribution >= 0.6 is 11.8 Å². The van der Waals surface area contributed by atoms with E-state index in [1.807, 2.05) is 30.3 Å². The minimum atomic E-state index is -0.432. The Morgan fingerprint density at radius 3 is 2.37 bits per heavy atom. The zero-order chi connectivity index (χ0) is 26.6. The molecule has 38 heavy (non-hydrogen) atoms. The molecule has 1 aromatic heterocycles. The van der Waals surface area contributed by atoms with Crippen molar-refractivity contribution in [1.29, 1.82) is 0 Å². The standard InChI is InChI=1S/C30H23F2N3O2S/c1-34(18-20-7-3-2-4-8-20)28(36)21-11-16-25-27(17-21)33-30(38-19-22-9-5-6-10-26(22)32)35(29(25)37)24-14-12-23(31)13-15-24/h2-17H,18-19H2,1H3. The van der Waals surface area contributed by atoms with Gasteiger partial charge in [-0.3, -0.25) is 14.2 Å². The first-order valence-corrected chi connectivity index (χ1v) is 12.9. The SMILES string of the molecule is CN(Cc1ccccc1)C(=O)c1ccc2c(=O)n(-c3ccc(F)cc3)c(SCc3ccccc3F)nc2c1. The second-order valence-corrected chi connectivity index (χ2v) is 9.71. The first kappa shape index (κ1) is 25.4. The van der Waals surface area contributed by atoms with Gasteiger partial charge < -0.3 is 4.90 Å². The number of aromatic nitrogens is 2. The molecule has 0 saturated carbocycles. The predicted octanol–water partition coefficient (Wildman–Crippen LogP) is 6.23. The number of hydrogen-bond donors (Lipinski definition) is 0. The summed E-state index contributed by atoms with van der Waals surface area (Å²) in [7, 11) is 1.72. The van der Waals surface area contributed by atoms with Crippen LogP contribution in [-0.2, 0) is 12.3 Å². The molecule has 0 spiro atoms. The third kappa shape index (κ3) is 5.35. The van der Waals surface area contributed by atoms with Crippen molar-refractivity contribution in [2.24, 2.45) is 0 Å². The van der Waals surface area contributed by atoms with Crippen molar-refractivity contribution in [2.45, 2.75) is 17.5 Å². The van der Waals surface area contributed by atoms with Crippen LogP contribution in [0.4, 0.5) is 8.78 Å². The maximum absolute atomic E-state index is 14.3. The van der Waals surface area contributed by atoms with Crippen LogP contribution in [-0.4, -0.2) is 27.4 Å². The van der Waals surface area contributed by atoms with Crippen LogP contribution < -0.4 is 5.56 Å². The highest BCUT2D eigenvalue weighted by Gasteiger charge is 2.18. The summed E-state index contributed by atoms with van der Waals surface area (Å²) in [6.45, 7) is 0.432. The molecule has 8 heteroatoms. The average molecular weight is 528 g/mol. The molecule has 0 aliphatic carbocycles. The molecule has 4 aromatic carbocycles. The number of rotatable bonds is 7. The molecular weight excluding hydrogens is 504 g/mol. The molecule has 1 amide bonds. The third-order valence-electron chi connectivity index (χ3n) is 6.09. The number of hydrogen-bond acceptors (Lipinski definition) is 4. The van der Waals surface area contributed by atoms with Gasteiger partial charge in [-0.1, -0.05) is 60.3 Å². The van der Waals surface area contributed by atoms with Crippen molar-refractivity contribution in [3.8, 4) is 5.69 Å². The van der Waals surface area contributed by atoms with E-state index < -0.39 is 5.82 Å². The third-order valence-corrected chi connectivity index (χ3v) is 7.08. The van der Waals surface area contributed by atoms with E-state index in [-0.39, 0.29) is 23.0 Å². The Balaban J connectivity index is 1.55. The number of carbonyl (C=O) groups excluding carboxylic acids is 1. The number of fused-ring (bicyclic) bond motifs is 1. The van der Waals surface area contributed by atoms with Crippen LogP contribution in [0.15, 0.2) is 107 Å². The number of nitrogens with zero attached hydrogens (tertiary/aromatic N) is 3. The van der Waals surface area contributed by atoms with Crippen molar-refractivity contribution in [1.82, 2.24) is 14.5 Å². The van der Waals surface area contributed by atoms with Crippen LogP contribution in [0.1, 0.15) is 21.5 Å². The minimum absolute atomic E-state index is 0.208. The molecule has 0 bridgehead atoms. The van der Waals surface area contributed by atoms with Gasteiger partial charge in [-0.25, -0.2) is 13.8 Å². The summed E-state index contributed by atoms with van der Waals surface area (Å²) in [5.74, 6) is -0.768. The van der Waals surface area contributed by atoms with Gasteiger partial charge in [0.2, 0.25) is 0 Å². The second kappa shape index (κ2) is 11.0. The van der Waals surface area contributed by atoms with E-state index in [4.69, 9.17) is 4.98 Å². The van der Waals surface area contributed by atoms with Gasteiger partial charge >= 0.3 is 0 Å². The van der Waals surface area contributed by atoms with Crippen LogP contribution in [0.25, 0.3) is 16.6 Å². The molecule has 0 unspecified atom stereocenters. The van der Waals surface area contributed by atoms with Gasteiger partial charge in [0.05, 0.1) is 16.6 Å². The smallest absolute Gasteiger partial charge is 0.266 e. The summed E-state index contributed by atoms with van der Waals surface area (Å²) in [5.41, 5.74) is 2.27. The predicted molar refractivity (Wildman–Crippen MR) is 145 cm³/mol. The zero-order valence-electron chi connectivity index (χ0n) is 20.5. The molecule has 5 rings (SSSR count). The van der Waals surface area contributed by atoms with E-state index in [0.717, 1.165) is 5.56 Å². The van der Waals surface area contributed by atoms with E-state index in [2.05, 4.69) is 0 Å². The second-order valence-electron chi connectivity index (χ2n) is 8.77. The maximum atomic E-state index is 14.3. The fourth-order valence-electron chi connectivity index (χ4n) is 4.12. The Hall–Kier alpha value is -4.30. The molecule has 5 nitrogen and oxygen atoms in total. The molecule has 0 radical (unpaired) electrons. The summed E-state index contributed by atoms with van der Waals surface area (Å²) in [5, 5.41) is 0.617. The number of benzene rings is 4. The molecule has 0 aliphatic rings. The molecule has 190 valence electrons. The molecule has 0 fully saturated rings. The van der Waals surface area contributed by atoms with Gasteiger partial charge in [-0.2, -0.15) is 0 Å². The van der Waals surface area contributed by atoms with Gasteiger partial charge in [0.15, 0.2) is 5.16 Å². The Bertz CT molecular complexity index is 1670. The van der Waals surface area contributed by atoms with E-state index in [1.165, 1.54) is 46.7 Å². The van der Waals surface area contributed by atoms with Crippen molar-refractivity contribution < 1.29 is 13.6 Å². The van der Waals surface area contributed by atoms with Gasteiger partial charge in [-0.15, -0.1) is 0 Å². The lowest BCUT2D eigenvalue weighted by Gasteiger charge is -2.18. The number of carbonyl (C=O) groups is 1. The van der Waals surface area contributed by atoms with Crippen LogP contribution in [0.3, 0.4) is 0 Å². The summed E-state index contributed by atoms with van der Waals surface area (Å²) in [4.78, 5) is 33.1. The highest BCUT2D eigenvalue weighted by molar-refractivity contribution is 7.98. The average Bonchev–Trinajstić information content (AvgIpc) is 2.93. The van der Waals surface area contributed by atoms with Gasteiger partial charge in [-0.05, 0) is 59.7 Å². The van der Waals surface area contributed by atoms with Crippen molar-refractivity contribution in [2.75, 3.05) is 7.05 Å². The Labute approximate surface area is 222 Å². The highest BCUT2D eigenvalue weighted by atomic mass is 32.2. The molecule has 0 aliphatic heterocycles. The van der Waals surface area contributed by atoms with Gasteiger partial charge in [0.25, 0.3) is 11.5 Å². The Morgan fingerprint density at radius 1 is 0.921 bits per heavy atom. The van der Waals surface area contributed by atoms with Crippen molar-refractivity contribution in [3.05, 3.63) is 136 Å². The molecule has 5 aromatic rings. The van der Waals surface area contributed by atoms with Crippen molar-refractivity contribution >= 4 is 28.6 Å². The van der Waals surface area contributed by atoms with E-state index in [1.54, 1.807) is 48.3 Å². The number of thioether (sulfide) groups is 1. The summed E-state index contributed by atoms with van der Waals surface area (Å²) in [6.07, 6.45) is 0. The normalized spacial score (nSPS) is 11.0. The van der Waals surface area contributed by atoms with E-state index >= 15 is 0 Å². The minimum Gasteiger partial charge on any atom is -0.337 e. The number of amides is 1. The van der Waals surface area contributed by atoms with E-state index in [0.29, 0.717) is 39.4 Å². The lowest BCUT2D eigenvalue weighted by Crippen LogP contribution is -2.26. The lowest BCUT2D eigenvalue weighted by atomic mass is 10.1. The quantitative estimate of drug-likeness (QED) is 0.186. The topological polar surface area (TPSA) is 55.2 Å². The monoisotopic (exact) mass is 527 g/mol. The summed E-state index contributed by atoms with van der Waals surface area (Å²) >= 11 is 1.19. The molecule has 0 N–H and O–H groups in total. The highest BCUT2D eigenvalue weighted by Crippen LogP contribution is 2.26. The van der Waals surface area contributed by atoms with E-state index in [9.17, 15) is 18.4 Å². The van der Waals surface area contributed by atoms with Crippen molar-refractivity contribution in [3.63, 3.8) is 0 Å². The lowest BCUT2D eigenvalue weighted by molar-refractivity contribution is 0.0785. The summed E-state index contributed by atoms with van der Waals surface area (Å²) < 4.78 is 29.3. The van der Waals surface area contributed by atoms with Gasteiger partial charge in [0.1, 0.15) is 11.6 Å². The first-order valence-electron chi connectivity index (χ1n) is 11.9. The first-order chi connectivity index (χ1) is 18.4. The molecule has 0 saturated heterocycles. The molecular formula is C30H23F2N3O2S. The fraction of sp³-hybridized carbons (Fsp3) is 0.100. The largest absolute Gasteiger partial charge is 0.337 e. The van der Waals surface area contributed by atoms with Crippen LogP contribution in [0.2, 0.25) is 0 Å². The fourth-order valence-corrected chi connectivity index (χ4v) is 5.12. The molecule has 0 atom stereocenters. The number of halogens is 2. The van der Waals surface area contributed by atoms with Gasteiger partial charge in [0, 0.05) is 24.9 Å².